The highest BCUT2D eigenvalue weighted by molar-refractivity contribution is 5.18. The van der Waals surface area contributed by atoms with Crippen molar-refractivity contribution < 1.29 is 14.6 Å². The van der Waals surface area contributed by atoms with Crippen molar-refractivity contribution in [2.24, 2.45) is 0 Å². The fraction of sp³-hybridized carbons (Fsp3) is 0.571. The fourth-order valence-corrected chi connectivity index (χ4v) is 2.57. The second-order valence-electron chi connectivity index (χ2n) is 5.01. The Morgan fingerprint density at radius 2 is 1.94 bits per heavy atom. The van der Waals surface area contributed by atoms with Gasteiger partial charge in [-0.15, -0.1) is 0 Å². The lowest BCUT2D eigenvalue weighted by Crippen LogP contribution is -2.45. The Morgan fingerprint density at radius 3 is 2.59 bits per heavy atom. The first-order valence-electron chi connectivity index (χ1n) is 6.25. The predicted octanol–water partition coefficient (Wildman–Crippen LogP) is 2.42. The zero-order valence-corrected chi connectivity index (χ0v) is 9.90. The molecular formula is C14H19FO2. The molecule has 0 saturated heterocycles. The average molecular weight is 238 g/mol. The number of halogens is 1. The van der Waals surface area contributed by atoms with E-state index >= 15 is 0 Å². The van der Waals surface area contributed by atoms with Crippen LogP contribution in [-0.2, 0) is 6.42 Å². The molecule has 3 heteroatoms. The summed E-state index contributed by atoms with van der Waals surface area (Å²) in [4.78, 5) is 0. The van der Waals surface area contributed by atoms with Crippen molar-refractivity contribution in [2.45, 2.75) is 50.2 Å². The lowest BCUT2D eigenvalue weighted by Gasteiger charge is -2.36. The molecule has 0 amide bonds. The summed E-state index contributed by atoms with van der Waals surface area (Å²) >= 11 is 0. The number of aliphatic hydroxyl groups is 2. The maximum Gasteiger partial charge on any atom is 0.123 e. The Morgan fingerprint density at radius 1 is 1.24 bits per heavy atom. The predicted molar refractivity (Wildman–Crippen MR) is 64.1 cm³/mol. The minimum absolute atomic E-state index is 0.301. The van der Waals surface area contributed by atoms with E-state index in [0.717, 1.165) is 24.8 Å². The number of benzene rings is 1. The third-order valence-corrected chi connectivity index (χ3v) is 3.66. The van der Waals surface area contributed by atoms with Crippen LogP contribution in [0.3, 0.4) is 0 Å². The van der Waals surface area contributed by atoms with Gasteiger partial charge in [0.05, 0.1) is 11.7 Å². The van der Waals surface area contributed by atoms with Crippen LogP contribution < -0.4 is 0 Å². The van der Waals surface area contributed by atoms with Gasteiger partial charge < -0.3 is 10.2 Å². The van der Waals surface area contributed by atoms with Gasteiger partial charge in [-0.25, -0.2) is 4.39 Å². The third kappa shape index (κ3) is 3.05. The van der Waals surface area contributed by atoms with Crippen LogP contribution in [0.1, 0.15) is 37.7 Å². The molecule has 2 nitrogen and oxygen atoms in total. The number of hydrogen-bond donors (Lipinski definition) is 2. The van der Waals surface area contributed by atoms with Gasteiger partial charge in [0.2, 0.25) is 0 Å². The molecule has 1 saturated carbocycles. The van der Waals surface area contributed by atoms with Gasteiger partial charge in [-0.2, -0.15) is 0 Å². The fourth-order valence-electron chi connectivity index (χ4n) is 2.57. The largest absolute Gasteiger partial charge is 0.390 e. The summed E-state index contributed by atoms with van der Waals surface area (Å²) in [5.74, 6) is -0.301. The molecule has 0 spiro atoms. The molecule has 0 heterocycles. The summed E-state index contributed by atoms with van der Waals surface area (Å²) in [6, 6.07) is 6.20. The molecule has 1 aliphatic carbocycles. The molecule has 1 aromatic carbocycles. The molecule has 0 aliphatic heterocycles. The highest BCUT2D eigenvalue weighted by Crippen LogP contribution is 2.32. The van der Waals surface area contributed by atoms with Gasteiger partial charge in [0, 0.05) is 6.42 Å². The van der Waals surface area contributed by atoms with Crippen LogP contribution in [0.5, 0.6) is 0 Å². The molecule has 17 heavy (non-hydrogen) atoms. The van der Waals surface area contributed by atoms with Crippen molar-refractivity contribution in [2.75, 3.05) is 0 Å². The van der Waals surface area contributed by atoms with E-state index in [1.54, 1.807) is 12.1 Å². The average Bonchev–Trinajstić information content (AvgIpc) is 2.30. The maximum atomic E-state index is 13.0. The Labute approximate surface area is 101 Å². The molecule has 1 aliphatic rings. The molecule has 0 aromatic heterocycles. The van der Waals surface area contributed by atoms with Crippen LogP contribution in [0.4, 0.5) is 4.39 Å². The normalized spacial score (nSPS) is 21.1. The molecule has 2 rings (SSSR count). The van der Waals surface area contributed by atoms with E-state index in [0.29, 0.717) is 19.3 Å². The summed E-state index contributed by atoms with van der Waals surface area (Å²) in [6.45, 7) is 0. The molecule has 1 unspecified atom stereocenters. The monoisotopic (exact) mass is 238 g/mol. The first-order valence-corrected chi connectivity index (χ1v) is 6.25. The van der Waals surface area contributed by atoms with E-state index < -0.39 is 11.7 Å². The summed E-state index contributed by atoms with van der Waals surface area (Å²) < 4.78 is 13.0. The highest BCUT2D eigenvalue weighted by atomic mass is 19.1. The summed E-state index contributed by atoms with van der Waals surface area (Å²) in [7, 11) is 0. The first kappa shape index (κ1) is 12.5. The van der Waals surface area contributed by atoms with Crippen LogP contribution in [0.15, 0.2) is 24.3 Å². The van der Waals surface area contributed by atoms with Crippen molar-refractivity contribution in [1.82, 2.24) is 0 Å². The smallest absolute Gasteiger partial charge is 0.123 e. The van der Waals surface area contributed by atoms with Gasteiger partial charge in [-0.1, -0.05) is 31.4 Å². The maximum absolute atomic E-state index is 13.0. The second-order valence-corrected chi connectivity index (χ2v) is 5.01. The SMILES string of the molecule is OC(Cc1cccc(F)c1)C1(O)CCCCC1. The number of hydrogen-bond acceptors (Lipinski definition) is 2. The van der Waals surface area contributed by atoms with Gasteiger partial charge in [0.1, 0.15) is 5.82 Å². The zero-order chi connectivity index (χ0) is 12.3. The van der Waals surface area contributed by atoms with Crippen LogP contribution in [-0.4, -0.2) is 21.9 Å². The molecule has 2 N–H and O–H groups in total. The summed E-state index contributed by atoms with van der Waals surface area (Å²) in [5.41, 5.74) is -0.249. The Hall–Kier alpha value is -0.930. The van der Waals surface area contributed by atoms with Gasteiger partial charge in [0.15, 0.2) is 0 Å². The molecule has 94 valence electrons. The van der Waals surface area contributed by atoms with Crippen LogP contribution in [0, 0.1) is 5.82 Å². The van der Waals surface area contributed by atoms with E-state index in [1.165, 1.54) is 12.1 Å². The lowest BCUT2D eigenvalue weighted by molar-refractivity contribution is -0.0960. The summed E-state index contributed by atoms with van der Waals surface area (Å²) in [6.07, 6.45) is 3.83. The van der Waals surface area contributed by atoms with E-state index in [4.69, 9.17) is 0 Å². The topological polar surface area (TPSA) is 40.5 Å². The van der Waals surface area contributed by atoms with Crippen molar-refractivity contribution >= 4 is 0 Å². The number of rotatable bonds is 3. The minimum Gasteiger partial charge on any atom is -0.390 e. The van der Waals surface area contributed by atoms with Crippen molar-refractivity contribution in [3.8, 4) is 0 Å². The molecule has 1 atom stereocenters. The molecule has 0 bridgehead atoms. The third-order valence-electron chi connectivity index (χ3n) is 3.66. The minimum atomic E-state index is -0.982. The van der Waals surface area contributed by atoms with Gasteiger partial charge in [0.25, 0.3) is 0 Å². The number of aliphatic hydroxyl groups excluding tert-OH is 1. The van der Waals surface area contributed by atoms with E-state index in [-0.39, 0.29) is 5.82 Å². The highest BCUT2D eigenvalue weighted by Gasteiger charge is 2.36. The lowest BCUT2D eigenvalue weighted by atomic mass is 9.79. The Bertz CT molecular complexity index is 372. The standard InChI is InChI=1S/C14H19FO2/c15-12-6-4-5-11(9-12)10-13(16)14(17)7-2-1-3-8-14/h4-6,9,13,16-17H,1-3,7-8,10H2. The zero-order valence-electron chi connectivity index (χ0n) is 9.90. The van der Waals surface area contributed by atoms with Gasteiger partial charge in [-0.3, -0.25) is 0 Å². The van der Waals surface area contributed by atoms with E-state index in [1.807, 2.05) is 0 Å². The van der Waals surface area contributed by atoms with Crippen LogP contribution in [0.25, 0.3) is 0 Å². The van der Waals surface area contributed by atoms with Gasteiger partial charge in [-0.05, 0) is 30.5 Å². The molecule has 1 aromatic rings. The molecular weight excluding hydrogens is 219 g/mol. The Kier molecular flexibility index (Phi) is 3.79. The quantitative estimate of drug-likeness (QED) is 0.849. The summed E-state index contributed by atoms with van der Waals surface area (Å²) in [5, 5.41) is 20.4. The van der Waals surface area contributed by atoms with Gasteiger partial charge >= 0.3 is 0 Å². The van der Waals surface area contributed by atoms with Crippen molar-refractivity contribution in [3.05, 3.63) is 35.6 Å². The Balaban J connectivity index is 2.02. The second kappa shape index (κ2) is 5.15. The van der Waals surface area contributed by atoms with E-state index in [9.17, 15) is 14.6 Å². The van der Waals surface area contributed by atoms with Crippen molar-refractivity contribution in [3.63, 3.8) is 0 Å². The van der Waals surface area contributed by atoms with E-state index in [2.05, 4.69) is 0 Å². The molecule has 1 fully saturated rings. The van der Waals surface area contributed by atoms with Crippen molar-refractivity contribution in [1.29, 1.82) is 0 Å². The van der Waals surface area contributed by atoms with Crippen LogP contribution in [0.2, 0.25) is 0 Å². The van der Waals surface area contributed by atoms with Crippen LogP contribution >= 0.6 is 0 Å². The molecule has 0 radical (unpaired) electrons. The first-order chi connectivity index (χ1) is 8.10.